The quantitative estimate of drug-likeness (QED) is 0.874. The van der Waals surface area contributed by atoms with E-state index in [1.54, 1.807) is 6.20 Å². The Morgan fingerprint density at radius 1 is 1.35 bits per heavy atom. The molecule has 1 atom stereocenters. The number of nitrogens with one attached hydrogen (secondary N) is 1. The zero-order chi connectivity index (χ0) is 11.7. The molecule has 3 nitrogen and oxygen atoms in total. The van der Waals surface area contributed by atoms with Crippen molar-refractivity contribution in [1.82, 2.24) is 4.98 Å². The molecule has 1 N–H and O–H groups in total. The molecule has 3 rings (SSSR count). The summed E-state index contributed by atoms with van der Waals surface area (Å²) >= 11 is 3.46. The SMILES string of the molecule is Brc1ccc2c(c1)NC(c1cccnc1)CO2. The normalized spacial score (nSPS) is 17.8. The Labute approximate surface area is 108 Å². The Hall–Kier alpha value is -1.55. The van der Waals surface area contributed by atoms with Crippen LogP contribution in [0.5, 0.6) is 5.75 Å². The van der Waals surface area contributed by atoms with E-state index in [4.69, 9.17) is 4.74 Å². The van der Waals surface area contributed by atoms with E-state index in [9.17, 15) is 0 Å². The van der Waals surface area contributed by atoms with E-state index in [-0.39, 0.29) is 6.04 Å². The van der Waals surface area contributed by atoms with Crippen LogP contribution < -0.4 is 10.1 Å². The molecule has 4 heteroatoms. The number of ether oxygens (including phenoxy) is 1. The molecule has 2 heterocycles. The predicted octanol–water partition coefficient (Wildman–Crippen LogP) is 3.39. The summed E-state index contributed by atoms with van der Waals surface area (Å²) in [6, 6.07) is 10.1. The summed E-state index contributed by atoms with van der Waals surface area (Å²) in [6.07, 6.45) is 3.64. The fraction of sp³-hybridized carbons (Fsp3) is 0.154. The van der Waals surface area contributed by atoms with Crippen molar-refractivity contribution < 1.29 is 4.74 Å². The molecule has 0 fully saturated rings. The van der Waals surface area contributed by atoms with Crippen molar-refractivity contribution in [3.05, 3.63) is 52.8 Å². The average molecular weight is 291 g/mol. The lowest BCUT2D eigenvalue weighted by atomic mass is 10.1. The van der Waals surface area contributed by atoms with Crippen LogP contribution in [0.4, 0.5) is 5.69 Å². The van der Waals surface area contributed by atoms with Crippen LogP contribution in [0.25, 0.3) is 0 Å². The van der Waals surface area contributed by atoms with Crippen LogP contribution in [-0.2, 0) is 0 Å². The van der Waals surface area contributed by atoms with Gasteiger partial charge in [0.15, 0.2) is 0 Å². The standard InChI is InChI=1S/C13H11BrN2O/c14-10-3-4-13-11(6-10)16-12(8-17-13)9-2-1-5-15-7-9/h1-7,12,16H,8H2. The fourth-order valence-corrected chi connectivity index (χ4v) is 2.27. The molecular formula is C13H11BrN2O. The van der Waals surface area contributed by atoms with Gasteiger partial charge < -0.3 is 10.1 Å². The van der Waals surface area contributed by atoms with Gasteiger partial charge in [-0.2, -0.15) is 0 Å². The van der Waals surface area contributed by atoms with Crippen molar-refractivity contribution in [2.45, 2.75) is 6.04 Å². The number of anilines is 1. The minimum atomic E-state index is 0.158. The van der Waals surface area contributed by atoms with Gasteiger partial charge in [-0.1, -0.05) is 22.0 Å². The van der Waals surface area contributed by atoms with Crippen LogP contribution >= 0.6 is 15.9 Å². The molecule has 1 aromatic heterocycles. The number of hydrogen-bond acceptors (Lipinski definition) is 3. The van der Waals surface area contributed by atoms with Gasteiger partial charge in [0.25, 0.3) is 0 Å². The van der Waals surface area contributed by atoms with E-state index in [1.807, 2.05) is 30.5 Å². The van der Waals surface area contributed by atoms with Crippen molar-refractivity contribution in [1.29, 1.82) is 0 Å². The van der Waals surface area contributed by atoms with Gasteiger partial charge in [0.2, 0.25) is 0 Å². The van der Waals surface area contributed by atoms with E-state index in [1.165, 1.54) is 0 Å². The number of nitrogens with zero attached hydrogens (tertiary/aromatic N) is 1. The topological polar surface area (TPSA) is 34.2 Å². The number of hydrogen-bond donors (Lipinski definition) is 1. The Morgan fingerprint density at radius 2 is 2.29 bits per heavy atom. The first kappa shape index (κ1) is 10.6. The highest BCUT2D eigenvalue weighted by atomic mass is 79.9. The zero-order valence-corrected chi connectivity index (χ0v) is 10.6. The van der Waals surface area contributed by atoms with Gasteiger partial charge in [-0.25, -0.2) is 0 Å². The van der Waals surface area contributed by atoms with E-state index in [0.29, 0.717) is 6.61 Å². The predicted molar refractivity (Wildman–Crippen MR) is 70.2 cm³/mol. The molecule has 1 aromatic carbocycles. The summed E-state index contributed by atoms with van der Waals surface area (Å²) in [5.41, 5.74) is 2.15. The molecule has 17 heavy (non-hydrogen) atoms. The highest BCUT2D eigenvalue weighted by molar-refractivity contribution is 9.10. The monoisotopic (exact) mass is 290 g/mol. The van der Waals surface area contributed by atoms with E-state index in [0.717, 1.165) is 21.5 Å². The summed E-state index contributed by atoms with van der Waals surface area (Å²) in [4.78, 5) is 4.13. The first-order chi connectivity index (χ1) is 8.33. The number of pyridine rings is 1. The lowest BCUT2D eigenvalue weighted by Gasteiger charge is -2.27. The molecule has 1 unspecified atom stereocenters. The maximum Gasteiger partial charge on any atom is 0.142 e. The molecular weight excluding hydrogens is 280 g/mol. The van der Waals surface area contributed by atoms with E-state index < -0.39 is 0 Å². The molecule has 0 saturated carbocycles. The second-order valence-electron chi connectivity index (χ2n) is 3.93. The summed E-state index contributed by atoms with van der Waals surface area (Å²) in [7, 11) is 0. The lowest BCUT2D eigenvalue weighted by Crippen LogP contribution is -2.23. The summed E-state index contributed by atoms with van der Waals surface area (Å²) < 4.78 is 6.78. The molecule has 0 aliphatic carbocycles. The highest BCUT2D eigenvalue weighted by Gasteiger charge is 2.20. The number of fused-ring (bicyclic) bond motifs is 1. The van der Waals surface area contributed by atoms with Crippen molar-refractivity contribution in [3.8, 4) is 5.75 Å². The number of rotatable bonds is 1. The largest absolute Gasteiger partial charge is 0.489 e. The third-order valence-electron chi connectivity index (χ3n) is 2.76. The van der Waals surface area contributed by atoms with Crippen LogP contribution in [0.1, 0.15) is 11.6 Å². The van der Waals surface area contributed by atoms with Crippen molar-refractivity contribution in [2.24, 2.45) is 0 Å². The van der Waals surface area contributed by atoms with Crippen molar-refractivity contribution in [3.63, 3.8) is 0 Å². The number of halogens is 1. The highest BCUT2D eigenvalue weighted by Crippen LogP contribution is 2.35. The third-order valence-corrected chi connectivity index (χ3v) is 3.26. The van der Waals surface area contributed by atoms with Crippen LogP contribution in [-0.4, -0.2) is 11.6 Å². The fourth-order valence-electron chi connectivity index (χ4n) is 1.91. The first-order valence-corrected chi connectivity index (χ1v) is 6.21. The van der Waals surface area contributed by atoms with Gasteiger partial charge in [0.05, 0.1) is 11.7 Å². The van der Waals surface area contributed by atoms with Gasteiger partial charge in [0, 0.05) is 16.9 Å². The van der Waals surface area contributed by atoms with Crippen LogP contribution in [0, 0.1) is 0 Å². The molecule has 0 amide bonds. The van der Waals surface area contributed by atoms with E-state index in [2.05, 4.69) is 32.3 Å². The zero-order valence-electron chi connectivity index (χ0n) is 9.06. The molecule has 2 aromatic rings. The Bertz CT molecular complexity index is 530. The van der Waals surface area contributed by atoms with Crippen LogP contribution in [0.3, 0.4) is 0 Å². The molecule has 0 radical (unpaired) electrons. The smallest absolute Gasteiger partial charge is 0.142 e. The minimum Gasteiger partial charge on any atom is -0.489 e. The second-order valence-corrected chi connectivity index (χ2v) is 4.85. The molecule has 0 saturated heterocycles. The van der Waals surface area contributed by atoms with Crippen LogP contribution in [0.2, 0.25) is 0 Å². The van der Waals surface area contributed by atoms with Gasteiger partial charge in [0.1, 0.15) is 12.4 Å². The summed E-state index contributed by atoms with van der Waals surface area (Å²) in [5.74, 6) is 0.897. The lowest BCUT2D eigenvalue weighted by molar-refractivity contribution is 0.286. The molecule has 0 bridgehead atoms. The van der Waals surface area contributed by atoms with Crippen molar-refractivity contribution >= 4 is 21.6 Å². The third kappa shape index (κ3) is 2.13. The van der Waals surface area contributed by atoms with E-state index >= 15 is 0 Å². The Morgan fingerprint density at radius 3 is 3.12 bits per heavy atom. The second kappa shape index (κ2) is 4.37. The Balaban J connectivity index is 1.90. The van der Waals surface area contributed by atoms with Crippen LogP contribution in [0.15, 0.2) is 47.2 Å². The molecule has 0 spiro atoms. The maximum atomic E-state index is 5.73. The molecule has 1 aliphatic rings. The first-order valence-electron chi connectivity index (χ1n) is 5.42. The van der Waals surface area contributed by atoms with Gasteiger partial charge in [-0.3, -0.25) is 4.98 Å². The molecule has 1 aliphatic heterocycles. The number of aromatic nitrogens is 1. The summed E-state index contributed by atoms with van der Waals surface area (Å²) in [5, 5.41) is 3.46. The Kier molecular flexibility index (Phi) is 2.73. The molecule has 86 valence electrons. The average Bonchev–Trinajstić information content (AvgIpc) is 2.39. The number of benzene rings is 1. The maximum absolute atomic E-state index is 5.73. The summed E-state index contributed by atoms with van der Waals surface area (Å²) in [6.45, 7) is 0.625. The van der Waals surface area contributed by atoms with Crippen molar-refractivity contribution in [2.75, 3.05) is 11.9 Å². The van der Waals surface area contributed by atoms with Gasteiger partial charge in [-0.15, -0.1) is 0 Å². The van der Waals surface area contributed by atoms with Gasteiger partial charge in [-0.05, 0) is 29.8 Å². The minimum absolute atomic E-state index is 0.158. The van der Waals surface area contributed by atoms with Gasteiger partial charge >= 0.3 is 0 Å².